The highest BCUT2D eigenvalue weighted by atomic mass is 19.4. The number of benzene rings is 2. The van der Waals surface area contributed by atoms with E-state index in [2.05, 4.69) is 0 Å². The molecule has 0 aromatic heterocycles. The molecular formula is C20H22F6. The molecule has 2 aromatic carbocycles. The van der Waals surface area contributed by atoms with Crippen molar-refractivity contribution in [1.29, 1.82) is 0 Å². The maximum absolute atomic E-state index is 12.2. The van der Waals surface area contributed by atoms with E-state index in [0.29, 0.717) is 0 Å². The van der Waals surface area contributed by atoms with Gasteiger partial charge in [0.15, 0.2) is 0 Å². The van der Waals surface area contributed by atoms with Gasteiger partial charge < -0.3 is 0 Å². The summed E-state index contributed by atoms with van der Waals surface area (Å²) < 4.78 is 73.1. The summed E-state index contributed by atoms with van der Waals surface area (Å²) >= 11 is 0. The van der Waals surface area contributed by atoms with Crippen molar-refractivity contribution in [3.8, 4) is 0 Å². The van der Waals surface area contributed by atoms with Gasteiger partial charge in [0.1, 0.15) is 0 Å². The Labute approximate surface area is 149 Å². The van der Waals surface area contributed by atoms with Gasteiger partial charge in [-0.05, 0) is 41.2 Å². The van der Waals surface area contributed by atoms with E-state index < -0.39 is 23.5 Å². The third-order valence-corrected chi connectivity index (χ3v) is 3.79. The maximum Gasteiger partial charge on any atom is 0.416 e. The molecule has 2 rings (SSSR count). The lowest BCUT2D eigenvalue weighted by molar-refractivity contribution is -0.138. The Bertz CT molecular complexity index is 679. The molecule has 6 heteroatoms. The lowest BCUT2D eigenvalue weighted by Crippen LogP contribution is -2.05. The summed E-state index contributed by atoms with van der Waals surface area (Å²) in [6.45, 7) is 7.64. The van der Waals surface area contributed by atoms with Gasteiger partial charge in [0.25, 0.3) is 0 Å². The molecule has 0 aliphatic heterocycles. The second-order valence-electron chi connectivity index (χ2n) is 6.55. The number of alkyl halides is 6. The van der Waals surface area contributed by atoms with Crippen LogP contribution in [0.4, 0.5) is 26.3 Å². The first kappa shape index (κ1) is 22.1. The molecule has 0 radical (unpaired) electrons. The highest BCUT2D eigenvalue weighted by molar-refractivity contribution is 5.27. The minimum atomic E-state index is -4.23. The zero-order chi connectivity index (χ0) is 20.1. The van der Waals surface area contributed by atoms with Crippen LogP contribution in [0.25, 0.3) is 0 Å². The quantitative estimate of drug-likeness (QED) is 0.472. The summed E-state index contributed by atoms with van der Waals surface area (Å²) in [6, 6.07) is 10.7. The largest absolute Gasteiger partial charge is 0.416 e. The highest BCUT2D eigenvalue weighted by Crippen LogP contribution is 2.31. The molecular weight excluding hydrogens is 354 g/mol. The van der Waals surface area contributed by atoms with Gasteiger partial charge in [-0.25, -0.2) is 0 Å². The van der Waals surface area contributed by atoms with Crippen LogP contribution in [0.5, 0.6) is 0 Å². The molecule has 0 N–H and O–H groups in total. The lowest BCUT2D eigenvalue weighted by Gasteiger charge is -2.10. The Morgan fingerprint density at radius 2 is 1.04 bits per heavy atom. The first-order valence-electron chi connectivity index (χ1n) is 8.16. The fraction of sp³-hybridized carbons (Fsp3) is 0.400. The van der Waals surface area contributed by atoms with Crippen LogP contribution < -0.4 is 0 Å². The maximum atomic E-state index is 12.2. The minimum absolute atomic E-state index is 0.127. The van der Waals surface area contributed by atoms with Crippen LogP contribution in [0.15, 0.2) is 48.5 Å². The molecule has 0 unspecified atom stereocenters. The van der Waals surface area contributed by atoms with Gasteiger partial charge in [0.05, 0.1) is 11.1 Å². The van der Waals surface area contributed by atoms with Gasteiger partial charge in [-0.1, -0.05) is 58.0 Å². The van der Waals surface area contributed by atoms with Crippen LogP contribution in [0, 0.1) is 0 Å². The predicted octanol–water partition coefficient (Wildman–Crippen LogP) is 7.66. The predicted molar refractivity (Wildman–Crippen MR) is 91.1 cm³/mol. The van der Waals surface area contributed by atoms with Crippen molar-refractivity contribution in [3.63, 3.8) is 0 Å². The smallest absolute Gasteiger partial charge is 0.166 e. The fourth-order valence-electron chi connectivity index (χ4n) is 2.13. The van der Waals surface area contributed by atoms with Gasteiger partial charge in [-0.2, -0.15) is 26.3 Å². The lowest BCUT2D eigenvalue weighted by atomic mass is 10.0. The monoisotopic (exact) mass is 376 g/mol. The van der Waals surface area contributed by atoms with E-state index in [1.54, 1.807) is 6.07 Å². The average molecular weight is 376 g/mol. The molecule has 0 saturated carbocycles. The molecule has 0 fully saturated rings. The Morgan fingerprint density at radius 1 is 0.577 bits per heavy atom. The van der Waals surface area contributed by atoms with E-state index in [-0.39, 0.29) is 11.8 Å². The van der Waals surface area contributed by atoms with E-state index in [9.17, 15) is 26.3 Å². The average Bonchev–Trinajstić information content (AvgIpc) is 2.54. The summed E-state index contributed by atoms with van der Waals surface area (Å²) in [6.07, 6.45) is -8.46. The SMILES string of the molecule is CC(C)c1ccc(C(F)(F)F)cc1.CC(C)c1cccc(C(F)(F)F)c1. The van der Waals surface area contributed by atoms with E-state index in [4.69, 9.17) is 0 Å². The molecule has 0 saturated heterocycles. The summed E-state index contributed by atoms with van der Waals surface area (Å²) in [5, 5.41) is 0. The summed E-state index contributed by atoms with van der Waals surface area (Å²) in [4.78, 5) is 0. The number of halogens is 6. The minimum Gasteiger partial charge on any atom is -0.166 e. The molecule has 0 heterocycles. The molecule has 0 amide bonds. The first-order valence-corrected chi connectivity index (χ1v) is 8.16. The van der Waals surface area contributed by atoms with E-state index in [1.165, 1.54) is 24.3 Å². The molecule has 26 heavy (non-hydrogen) atoms. The van der Waals surface area contributed by atoms with Crippen LogP contribution in [0.1, 0.15) is 61.8 Å². The van der Waals surface area contributed by atoms with Crippen molar-refractivity contribution in [2.75, 3.05) is 0 Å². The zero-order valence-electron chi connectivity index (χ0n) is 15.0. The summed E-state index contributed by atoms with van der Waals surface area (Å²) in [7, 11) is 0. The molecule has 0 aliphatic rings. The van der Waals surface area contributed by atoms with Crippen LogP contribution in [0.3, 0.4) is 0 Å². The van der Waals surface area contributed by atoms with Crippen molar-refractivity contribution < 1.29 is 26.3 Å². The summed E-state index contributed by atoms with van der Waals surface area (Å²) in [5.74, 6) is 0.393. The topological polar surface area (TPSA) is 0 Å². The highest BCUT2D eigenvalue weighted by Gasteiger charge is 2.30. The standard InChI is InChI=1S/2C10H11F3/c1-7(2)8-3-5-9(6-4-8)10(11,12)13;1-7(2)8-4-3-5-9(6-8)10(11,12)13/h2*3-7H,1-2H3. The number of hydrogen-bond acceptors (Lipinski definition) is 0. The van der Waals surface area contributed by atoms with Gasteiger partial charge in [0, 0.05) is 0 Å². The second kappa shape index (κ2) is 8.60. The van der Waals surface area contributed by atoms with Gasteiger partial charge in [-0.15, -0.1) is 0 Å². The zero-order valence-corrected chi connectivity index (χ0v) is 15.0. The van der Waals surface area contributed by atoms with Gasteiger partial charge in [-0.3, -0.25) is 0 Å². The van der Waals surface area contributed by atoms with Crippen LogP contribution in [-0.4, -0.2) is 0 Å². The molecule has 144 valence electrons. The van der Waals surface area contributed by atoms with E-state index >= 15 is 0 Å². The summed E-state index contributed by atoms with van der Waals surface area (Å²) in [5.41, 5.74) is 0.485. The fourth-order valence-corrected chi connectivity index (χ4v) is 2.13. The molecule has 0 atom stereocenters. The van der Waals surface area contributed by atoms with Crippen LogP contribution in [0.2, 0.25) is 0 Å². The van der Waals surface area contributed by atoms with E-state index in [0.717, 1.165) is 29.3 Å². The van der Waals surface area contributed by atoms with Gasteiger partial charge in [0.2, 0.25) is 0 Å². The second-order valence-corrected chi connectivity index (χ2v) is 6.55. The van der Waals surface area contributed by atoms with Crippen molar-refractivity contribution in [1.82, 2.24) is 0 Å². The van der Waals surface area contributed by atoms with Crippen molar-refractivity contribution in [2.45, 2.75) is 51.9 Å². The van der Waals surface area contributed by atoms with Crippen LogP contribution in [-0.2, 0) is 12.4 Å². The van der Waals surface area contributed by atoms with Gasteiger partial charge >= 0.3 is 12.4 Å². The Hall–Kier alpha value is -1.98. The molecule has 0 nitrogen and oxygen atoms in total. The first-order chi connectivity index (χ1) is 11.8. The molecule has 2 aromatic rings. The third kappa shape index (κ3) is 6.73. The Balaban J connectivity index is 0.000000260. The number of rotatable bonds is 2. The Kier molecular flexibility index (Phi) is 7.30. The van der Waals surface area contributed by atoms with E-state index in [1.807, 2.05) is 27.7 Å². The van der Waals surface area contributed by atoms with Crippen molar-refractivity contribution >= 4 is 0 Å². The molecule has 0 aliphatic carbocycles. The molecule has 0 spiro atoms. The number of hydrogen-bond donors (Lipinski definition) is 0. The normalized spacial score (nSPS) is 12.2. The third-order valence-electron chi connectivity index (χ3n) is 3.79. The van der Waals surface area contributed by atoms with Crippen molar-refractivity contribution in [2.24, 2.45) is 0 Å². The Morgan fingerprint density at radius 3 is 1.42 bits per heavy atom. The molecule has 0 bridgehead atoms. The van der Waals surface area contributed by atoms with Crippen molar-refractivity contribution in [3.05, 3.63) is 70.8 Å². The van der Waals surface area contributed by atoms with Crippen LogP contribution >= 0.6 is 0 Å².